The molecule has 0 aliphatic rings. The molecule has 0 aliphatic heterocycles. The highest BCUT2D eigenvalue weighted by molar-refractivity contribution is 7.98. The number of thioether (sulfide) groups is 1. The number of nitrogens with one attached hydrogen (secondary N) is 2. The highest BCUT2D eigenvalue weighted by atomic mass is 32.2. The second kappa shape index (κ2) is 11.3. The van der Waals surface area contributed by atoms with Gasteiger partial charge in [-0.2, -0.15) is 11.8 Å². The molecule has 0 radical (unpaired) electrons. The van der Waals surface area contributed by atoms with Gasteiger partial charge in [-0.1, -0.05) is 30.3 Å². The third kappa shape index (κ3) is 8.42. The van der Waals surface area contributed by atoms with E-state index < -0.39 is 18.0 Å². The van der Waals surface area contributed by atoms with Crippen LogP contribution in [-0.2, 0) is 20.7 Å². The van der Waals surface area contributed by atoms with Crippen molar-refractivity contribution in [2.24, 2.45) is 5.73 Å². The molecule has 0 aromatic heterocycles. The van der Waals surface area contributed by atoms with Crippen LogP contribution in [0, 0.1) is 0 Å². The van der Waals surface area contributed by atoms with Crippen LogP contribution in [0.1, 0.15) is 12.0 Å². The Morgan fingerprint density at radius 2 is 1.96 bits per heavy atom. The van der Waals surface area contributed by atoms with Crippen LogP contribution >= 0.6 is 11.8 Å². The number of nitrogens with two attached hydrogens (primary N) is 1. The van der Waals surface area contributed by atoms with Crippen LogP contribution in [0.5, 0.6) is 0 Å². The molecule has 0 saturated carbocycles. The van der Waals surface area contributed by atoms with Gasteiger partial charge in [0.05, 0.1) is 0 Å². The molecule has 8 heteroatoms. The quantitative estimate of drug-likeness (QED) is 0.536. The molecule has 1 aromatic rings. The van der Waals surface area contributed by atoms with Gasteiger partial charge < -0.3 is 21.1 Å². The molecule has 0 fully saturated rings. The van der Waals surface area contributed by atoms with Crippen LogP contribution < -0.4 is 16.4 Å². The largest absolute Gasteiger partial charge is 0.454 e. The SMILES string of the molecule is CSCC[C@@H](NC(N)=O)C(=O)OCC(=O)NCCc1ccccc1. The summed E-state index contributed by atoms with van der Waals surface area (Å²) in [4.78, 5) is 34.5. The summed E-state index contributed by atoms with van der Waals surface area (Å²) >= 11 is 1.53. The number of urea groups is 1. The lowest BCUT2D eigenvalue weighted by atomic mass is 10.1. The number of hydrogen-bond donors (Lipinski definition) is 3. The summed E-state index contributed by atoms with van der Waals surface area (Å²) in [6.45, 7) is 0.0691. The van der Waals surface area contributed by atoms with Gasteiger partial charge in [-0.15, -0.1) is 0 Å². The number of carbonyl (C=O) groups excluding carboxylic acids is 3. The number of ether oxygens (including phenoxy) is 1. The smallest absolute Gasteiger partial charge is 0.329 e. The van der Waals surface area contributed by atoms with Crippen molar-refractivity contribution in [2.75, 3.05) is 25.2 Å². The van der Waals surface area contributed by atoms with E-state index in [0.717, 1.165) is 5.56 Å². The Bertz CT molecular complexity index is 539. The predicted molar refractivity (Wildman–Crippen MR) is 93.6 cm³/mol. The van der Waals surface area contributed by atoms with Crippen LogP contribution in [0.25, 0.3) is 0 Å². The third-order valence-electron chi connectivity index (χ3n) is 3.14. The summed E-state index contributed by atoms with van der Waals surface area (Å²) in [5.41, 5.74) is 6.14. The third-order valence-corrected chi connectivity index (χ3v) is 3.78. The zero-order chi connectivity index (χ0) is 17.8. The van der Waals surface area contributed by atoms with Crippen LogP contribution in [-0.4, -0.2) is 49.1 Å². The maximum absolute atomic E-state index is 11.9. The molecule has 0 spiro atoms. The Morgan fingerprint density at radius 1 is 1.25 bits per heavy atom. The van der Waals surface area contributed by atoms with Crippen LogP contribution in [0.4, 0.5) is 4.79 Å². The van der Waals surface area contributed by atoms with Crippen LogP contribution in [0.3, 0.4) is 0 Å². The molecule has 0 unspecified atom stereocenters. The molecule has 0 bridgehead atoms. The Labute approximate surface area is 145 Å². The van der Waals surface area contributed by atoms with Gasteiger partial charge in [0.15, 0.2) is 6.61 Å². The molecule has 3 amide bonds. The fourth-order valence-electron chi connectivity index (χ4n) is 1.94. The van der Waals surface area contributed by atoms with Gasteiger partial charge in [-0.3, -0.25) is 4.79 Å². The number of rotatable bonds is 10. The Kier molecular flexibility index (Phi) is 9.36. The highest BCUT2D eigenvalue weighted by Gasteiger charge is 2.21. The van der Waals surface area contributed by atoms with Crippen molar-refractivity contribution in [1.82, 2.24) is 10.6 Å². The van der Waals surface area contributed by atoms with Gasteiger partial charge in [0.2, 0.25) is 0 Å². The zero-order valence-corrected chi connectivity index (χ0v) is 14.4. The van der Waals surface area contributed by atoms with E-state index in [2.05, 4.69) is 10.6 Å². The summed E-state index contributed by atoms with van der Waals surface area (Å²) in [7, 11) is 0. The van der Waals surface area contributed by atoms with Gasteiger partial charge in [0.25, 0.3) is 5.91 Å². The van der Waals surface area contributed by atoms with Crippen molar-refractivity contribution >= 4 is 29.7 Å². The highest BCUT2D eigenvalue weighted by Crippen LogP contribution is 2.03. The topological polar surface area (TPSA) is 111 Å². The molecule has 7 nitrogen and oxygen atoms in total. The first kappa shape index (κ1) is 19.8. The number of esters is 1. The van der Waals surface area contributed by atoms with E-state index in [1.165, 1.54) is 11.8 Å². The zero-order valence-electron chi connectivity index (χ0n) is 13.6. The van der Waals surface area contributed by atoms with Crippen molar-refractivity contribution in [2.45, 2.75) is 18.9 Å². The van der Waals surface area contributed by atoms with E-state index in [1.807, 2.05) is 36.6 Å². The second-order valence-corrected chi connectivity index (χ2v) is 6.02. The van der Waals surface area contributed by atoms with Crippen LogP contribution in [0.15, 0.2) is 30.3 Å². The van der Waals surface area contributed by atoms with Crippen molar-refractivity contribution < 1.29 is 19.1 Å². The van der Waals surface area contributed by atoms with Crippen molar-refractivity contribution in [3.8, 4) is 0 Å². The molecule has 1 rings (SSSR count). The van der Waals surface area contributed by atoms with Gasteiger partial charge in [-0.25, -0.2) is 9.59 Å². The summed E-state index contributed by atoms with van der Waals surface area (Å²) < 4.78 is 4.94. The molecule has 0 aliphatic carbocycles. The average molecular weight is 353 g/mol. The van der Waals surface area contributed by atoms with Crippen molar-refractivity contribution in [3.05, 3.63) is 35.9 Å². The van der Waals surface area contributed by atoms with E-state index in [1.54, 1.807) is 0 Å². The normalized spacial score (nSPS) is 11.4. The number of hydrogen-bond acceptors (Lipinski definition) is 5. The fourth-order valence-corrected chi connectivity index (χ4v) is 2.41. The lowest BCUT2D eigenvalue weighted by molar-refractivity contribution is -0.150. The predicted octanol–water partition coefficient (Wildman–Crippen LogP) is 0.679. The molecule has 0 saturated heterocycles. The standard InChI is InChI=1S/C16H23N3O4S/c1-24-10-8-13(19-16(17)22)15(21)23-11-14(20)18-9-7-12-5-3-2-4-6-12/h2-6,13H,7-11H2,1H3,(H,18,20)(H3,17,19,22)/t13-/m1/s1. The monoisotopic (exact) mass is 353 g/mol. The molecular weight excluding hydrogens is 330 g/mol. The molecule has 1 atom stereocenters. The minimum Gasteiger partial charge on any atom is -0.454 e. The van der Waals surface area contributed by atoms with E-state index in [-0.39, 0.29) is 12.5 Å². The maximum atomic E-state index is 11.9. The Hall–Kier alpha value is -2.22. The van der Waals surface area contributed by atoms with Crippen molar-refractivity contribution in [3.63, 3.8) is 0 Å². The summed E-state index contributed by atoms with van der Waals surface area (Å²) in [6.07, 6.45) is 2.96. The summed E-state index contributed by atoms with van der Waals surface area (Å²) in [5, 5.41) is 5.00. The molecule has 24 heavy (non-hydrogen) atoms. The van der Waals surface area contributed by atoms with Gasteiger partial charge >= 0.3 is 12.0 Å². The van der Waals surface area contributed by atoms with Crippen LogP contribution in [0.2, 0.25) is 0 Å². The Balaban J connectivity index is 2.30. The van der Waals surface area contributed by atoms with Gasteiger partial charge in [0, 0.05) is 6.54 Å². The minimum atomic E-state index is -0.841. The first-order chi connectivity index (χ1) is 11.5. The Morgan fingerprint density at radius 3 is 2.58 bits per heavy atom. The number of primary amides is 1. The molecule has 132 valence electrons. The fraction of sp³-hybridized carbons (Fsp3) is 0.438. The van der Waals surface area contributed by atoms with Gasteiger partial charge in [0.1, 0.15) is 6.04 Å². The molecule has 0 heterocycles. The summed E-state index contributed by atoms with van der Waals surface area (Å²) in [6, 6.07) is 8.08. The number of amides is 3. The van der Waals surface area contributed by atoms with E-state index in [0.29, 0.717) is 25.1 Å². The number of benzene rings is 1. The van der Waals surface area contributed by atoms with E-state index in [9.17, 15) is 14.4 Å². The molecular formula is C16H23N3O4S. The molecule has 4 N–H and O–H groups in total. The first-order valence-electron chi connectivity index (χ1n) is 7.55. The lowest BCUT2D eigenvalue weighted by Crippen LogP contribution is -2.45. The second-order valence-electron chi connectivity index (χ2n) is 5.04. The van der Waals surface area contributed by atoms with Crippen molar-refractivity contribution in [1.29, 1.82) is 0 Å². The van der Waals surface area contributed by atoms with E-state index in [4.69, 9.17) is 10.5 Å². The average Bonchev–Trinajstić information content (AvgIpc) is 2.57. The maximum Gasteiger partial charge on any atom is 0.329 e. The first-order valence-corrected chi connectivity index (χ1v) is 8.94. The van der Waals surface area contributed by atoms with Gasteiger partial charge in [-0.05, 0) is 30.4 Å². The summed E-state index contributed by atoms with van der Waals surface area (Å²) in [5.74, 6) is -0.397. The molecule has 1 aromatic carbocycles. The lowest BCUT2D eigenvalue weighted by Gasteiger charge is -2.15. The number of carbonyl (C=O) groups is 3. The minimum absolute atomic E-state index is 0.385. The van der Waals surface area contributed by atoms with E-state index >= 15 is 0 Å².